The van der Waals surface area contributed by atoms with E-state index in [0.29, 0.717) is 0 Å². The monoisotopic (exact) mass is 316 g/mol. The molecule has 0 aliphatic carbocycles. The minimum atomic E-state index is -0.805. The zero-order chi connectivity index (χ0) is 16.4. The standard InChI is InChI=1S/C13H17FN2O4S/c1-13(2,3)20-12(17)15(4)7-8-5-9(16(18)19)6-10(14)11(8)21/h5-6,21H,7H2,1-4H3. The van der Waals surface area contributed by atoms with Gasteiger partial charge >= 0.3 is 6.09 Å². The van der Waals surface area contributed by atoms with E-state index < -0.39 is 28.1 Å². The van der Waals surface area contributed by atoms with Crippen LogP contribution in [0.4, 0.5) is 14.9 Å². The number of rotatable bonds is 3. The predicted octanol–water partition coefficient (Wildman–Crippen LogP) is 3.39. The van der Waals surface area contributed by atoms with Gasteiger partial charge in [-0.3, -0.25) is 10.1 Å². The summed E-state index contributed by atoms with van der Waals surface area (Å²) in [5.74, 6) is -0.805. The van der Waals surface area contributed by atoms with E-state index >= 15 is 0 Å². The molecule has 0 heterocycles. The summed E-state index contributed by atoms with van der Waals surface area (Å²) >= 11 is 3.98. The molecule has 21 heavy (non-hydrogen) atoms. The molecule has 116 valence electrons. The van der Waals surface area contributed by atoms with Crippen LogP contribution in [0.3, 0.4) is 0 Å². The maximum Gasteiger partial charge on any atom is 0.410 e. The molecule has 0 spiro atoms. The Morgan fingerprint density at radius 2 is 2.05 bits per heavy atom. The van der Waals surface area contributed by atoms with E-state index in [4.69, 9.17) is 4.74 Å². The third kappa shape index (κ3) is 4.89. The van der Waals surface area contributed by atoms with Crippen molar-refractivity contribution in [3.05, 3.63) is 33.6 Å². The average molecular weight is 316 g/mol. The van der Waals surface area contributed by atoms with Crippen molar-refractivity contribution in [1.82, 2.24) is 4.90 Å². The van der Waals surface area contributed by atoms with E-state index in [2.05, 4.69) is 12.6 Å². The molecule has 0 saturated heterocycles. The van der Waals surface area contributed by atoms with Crippen LogP contribution in [0.25, 0.3) is 0 Å². The van der Waals surface area contributed by atoms with Crippen LogP contribution in [-0.4, -0.2) is 28.6 Å². The molecule has 0 aliphatic rings. The Bertz CT molecular complexity index is 572. The highest BCUT2D eigenvalue weighted by Crippen LogP contribution is 2.25. The van der Waals surface area contributed by atoms with Crippen molar-refractivity contribution < 1.29 is 18.8 Å². The van der Waals surface area contributed by atoms with E-state index in [9.17, 15) is 19.3 Å². The molecule has 1 amide bonds. The first-order valence-corrected chi connectivity index (χ1v) is 6.56. The second-order valence-corrected chi connectivity index (χ2v) is 5.98. The Hall–Kier alpha value is -1.83. The molecule has 0 N–H and O–H groups in total. The van der Waals surface area contributed by atoms with Gasteiger partial charge in [0.1, 0.15) is 11.4 Å². The van der Waals surface area contributed by atoms with Crippen molar-refractivity contribution >= 4 is 24.4 Å². The van der Waals surface area contributed by atoms with Gasteiger partial charge in [-0.25, -0.2) is 9.18 Å². The Kier molecular flexibility index (Phi) is 5.16. The number of ether oxygens (including phenoxy) is 1. The molecule has 0 aromatic heterocycles. The number of carbonyl (C=O) groups is 1. The van der Waals surface area contributed by atoms with Crippen molar-refractivity contribution in [2.45, 2.75) is 37.8 Å². The average Bonchev–Trinajstić information content (AvgIpc) is 2.32. The third-order valence-corrected chi connectivity index (χ3v) is 2.95. The molecule has 6 nitrogen and oxygen atoms in total. The van der Waals surface area contributed by atoms with Gasteiger partial charge in [0.25, 0.3) is 5.69 Å². The second kappa shape index (κ2) is 6.30. The van der Waals surface area contributed by atoms with Crippen LogP contribution in [0, 0.1) is 15.9 Å². The Morgan fingerprint density at radius 1 is 1.48 bits per heavy atom. The minimum absolute atomic E-state index is 0.0315. The van der Waals surface area contributed by atoms with Crippen molar-refractivity contribution in [3.8, 4) is 0 Å². The Labute approximate surface area is 127 Å². The molecular formula is C13H17FN2O4S. The lowest BCUT2D eigenvalue weighted by atomic mass is 10.2. The van der Waals surface area contributed by atoms with Gasteiger partial charge in [-0.05, 0) is 26.3 Å². The van der Waals surface area contributed by atoms with Crippen LogP contribution in [0.5, 0.6) is 0 Å². The van der Waals surface area contributed by atoms with Gasteiger partial charge in [0.15, 0.2) is 0 Å². The summed E-state index contributed by atoms with van der Waals surface area (Å²) in [6, 6.07) is 1.98. The summed E-state index contributed by atoms with van der Waals surface area (Å²) in [7, 11) is 1.46. The summed E-state index contributed by atoms with van der Waals surface area (Å²) in [5, 5.41) is 10.7. The summed E-state index contributed by atoms with van der Waals surface area (Å²) in [6.45, 7) is 5.10. The van der Waals surface area contributed by atoms with E-state index in [1.165, 1.54) is 18.0 Å². The van der Waals surface area contributed by atoms with E-state index in [1.54, 1.807) is 20.8 Å². The number of amides is 1. The fourth-order valence-electron chi connectivity index (χ4n) is 1.53. The molecule has 0 radical (unpaired) electrons. The highest BCUT2D eigenvalue weighted by atomic mass is 32.1. The number of non-ortho nitro benzene ring substituents is 1. The first kappa shape index (κ1) is 17.2. The molecule has 0 bridgehead atoms. The topological polar surface area (TPSA) is 72.7 Å². The zero-order valence-electron chi connectivity index (χ0n) is 12.2. The van der Waals surface area contributed by atoms with Crippen molar-refractivity contribution in [2.24, 2.45) is 0 Å². The van der Waals surface area contributed by atoms with Crippen molar-refractivity contribution in [2.75, 3.05) is 7.05 Å². The van der Waals surface area contributed by atoms with Gasteiger partial charge in [0.05, 0.1) is 17.5 Å². The van der Waals surface area contributed by atoms with Gasteiger partial charge in [0.2, 0.25) is 0 Å². The smallest absolute Gasteiger partial charge is 0.410 e. The Morgan fingerprint density at radius 3 is 2.52 bits per heavy atom. The molecule has 1 aromatic rings. The fraction of sp³-hybridized carbons (Fsp3) is 0.462. The van der Waals surface area contributed by atoms with Gasteiger partial charge in [0, 0.05) is 18.0 Å². The van der Waals surface area contributed by atoms with E-state index in [-0.39, 0.29) is 17.0 Å². The van der Waals surface area contributed by atoms with Gasteiger partial charge in [-0.15, -0.1) is 12.6 Å². The maximum absolute atomic E-state index is 13.6. The SMILES string of the molecule is CN(Cc1cc([N+](=O)[O-])cc(F)c1S)C(=O)OC(C)(C)C. The molecule has 0 unspecified atom stereocenters. The zero-order valence-corrected chi connectivity index (χ0v) is 13.1. The maximum atomic E-state index is 13.6. The van der Waals surface area contributed by atoms with Crippen molar-refractivity contribution in [1.29, 1.82) is 0 Å². The van der Waals surface area contributed by atoms with Crippen LogP contribution >= 0.6 is 12.6 Å². The van der Waals surface area contributed by atoms with Gasteiger partial charge < -0.3 is 9.64 Å². The van der Waals surface area contributed by atoms with Gasteiger partial charge in [-0.2, -0.15) is 0 Å². The molecule has 1 rings (SSSR count). The molecule has 1 aromatic carbocycles. The molecular weight excluding hydrogens is 299 g/mol. The second-order valence-electron chi connectivity index (χ2n) is 5.53. The number of nitro groups is 1. The van der Waals surface area contributed by atoms with Crippen molar-refractivity contribution in [3.63, 3.8) is 0 Å². The first-order valence-electron chi connectivity index (χ1n) is 6.11. The molecule has 0 fully saturated rings. The number of benzene rings is 1. The summed E-state index contributed by atoms with van der Waals surface area (Å²) in [4.78, 5) is 23.0. The number of hydrogen-bond acceptors (Lipinski definition) is 5. The van der Waals surface area contributed by atoms with Crippen LogP contribution in [-0.2, 0) is 11.3 Å². The van der Waals surface area contributed by atoms with Crippen LogP contribution in [0.15, 0.2) is 17.0 Å². The quantitative estimate of drug-likeness (QED) is 0.527. The first-order chi connectivity index (χ1) is 9.51. The number of nitro benzene ring substituents is 1. The van der Waals surface area contributed by atoms with Gasteiger partial charge in [-0.1, -0.05) is 0 Å². The lowest BCUT2D eigenvalue weighted by molar-refractivity contribution is -0.385. The molecule has 8 heteroatoms. The number of halogens is 1. The highest BCUT2D eigenvalue weighted by molar-refractivity contribution is 7.80. The van der Waals surface area contributed by atoms with Crippen LogP contribution < -0.4 is 0 Å². The summed E-state index contributed by atoms with van der Waals surface area (Å²) < 4.78 is 18.8. The normalized spacial score (nSPS) is 11.1. The third-order valence-electron chi connectivity index (χ3n) is 2.45. The van der Waals surface area contributed by atoms with Crippen LogP contribution in [0.2, 0.25) is 0 Å². The van der Waals surface area contributed by atoms with E-state index in [1.807, 2.05) is 0 Å². The Balaban J connectivity index is 2.97. The van der Waals surface area contributed by atoms with Crippen LogP contribution in [0.1, 0.15) is 26.3 Å². The highest BCUT2D eigenvalue weighted by Gasteiger charge is 2.22. The minimum Gasteiger partial charge on any atom is -0.444 e. The molecule has 0 aliphatic heterocycles. The number of hydrogen-bond donors (Lipinski definition) is 1. The molecule has 0 saturated carbocycles. The lowest BCUT2D eigenvalue weighted by Crippen LogP contribution is -2.33. The summed E-state index contributed by atoms with van der Waals surface area (Å²) in [5.41, 5.74) is -0.820. The summed E-state index contributed by atoms with van der Waals surface area (Å²) in [6.07, 6.45) is -0.609. The largest absolute Gasteiger partial charge is 0.444 e. The lowest BCUT2D eigenvalue weighted by Gasteiger charge is -2.25. The molecule has 0 atom stereocenters. The van der Waals surface area contributed by atoms with E-state index in [0.717, 1.165) is 6.07 Å². The predicted molar refractivity (Wildman–Crippen MR) is 78.0 cm³/mol. The number of thiol groups is 1. The fourth-order valence-corrected chi connectivity index (χ4v) is 1.73. The number of nitrogens with zero attached hydrogens (tertiary/aromatic N) is 2. The number of carbonyl (C=O) groups excluding carboxylic acids is 1.